The molecule has 17 heavy (non-hydrogen) atoms. The molecule has 2 aromatic rings. The Morgan fingerprint density at radius 1 is 1.24 bits per heavy atom. The summed E-state index contributed by atoms with van der Waals surface area (Å²) in [7, 11) is 0. The van der Waals surface area contributed by atoms with Crippen LogP contribution in [0.4, 0.5) is 5.82 Å². The molecule has 3 nitrogen and oxygen atoms in total. The monoisotopic (exact) mass is 291 g/mol. The number of aromatic nitrogens is 2. The van der Waals surface area contributed by atoms with Crippen LogP contribution in [0.25, 0.3) is 0 Å². The zero-order chi connectivity index (χ0) is 12.1. The van der Waals surface area contributed by atoms with Gasteiger partial charge < -0.3 is 5.32 Å². The van der Waals surface area contributed by atoms with Crippen LogP contribution < -0.4 is 5.32 Å². The Morgan fingerprint density at radius 3 is 2.71 bits per heavy atom. The fourth-order valence-electron chi connectivity index (χ4n) is 1.70. The second kappa shape index (κ2) is 5.77. The van der Waals surface area contributed by atoms with Crippen LogP contribution in [0.15, 0.2) is 41.3 Å². The molecule has 1 aromatic heterocycles. The Labute approximate surface area is 109 Å². The number of hydrogen-bond acceptors (Lipinski definition) is 3. The van der Waals surface area contributed by atoms with E-state index in [4.69, 9.17) is 0 Å². The van der Waals surface area contributed by atoms with Gasteiger partial charge in [-0.2, -0.15) is 0 Å². The van der Waals surface area contributed by atoms with E-state index >= 15 is 0 Å². The van der Waals surface area contributed by atoms with Gasteiger partial charge >= 0.3 is 0 Å². The summed E-state index contributed by atoms with van der Waals surface area (Å²) in [5.41, 5.74) is 2.67. The predicted molar refractivity (Wildman–Crippen MR) is 72.9 cm³/mol. The van der Waals surface area contributed by atoms with E-state index in [2.05, 4.69) is 62.4 Å². The van der Waals surface area contributed by atoms with Crippen LogP contribution in [0.2, 0.25) is 0 Å². The van der Waals surface area contributed by atoms with Gasteiger partial charge in [-0.25, -0.2) is 9.97 Å². The molecule has 1 N–H and O–H groups in total. The van der Waals surface area contributed by atoms with E-state index in [0.29, 0.717) is 0 Å². The second-order valence-corrected chi connectivity index (χ2v) is 4.55. The van der Waals surface area contributed by atoms with E-state index in [1.54, 1.807) is 12.5 Å². The van der Waals surface area contributed by atoms with Crippen molar-refractivity contribution < 1.29 is 0 Å². The lowest BCUT2D eigenvalue weighted by Crippen LogP contribution is -2.04. The number of anilines is 1. The summed E-state index contributed by atoms with van der Waals surface area (Å²) in [5.74, 6) is 0.825. The molecule has 0 fully saturated rings. The predicted octanol–water partition coefficient (Wildman–Crippen LogP) is 3.41. The topological polar surface area (TPSA) is 37.8 Å². The van der Waals surface area contributed by atoms with Gasteiger partial charge in [0.15, 0.2) is 0 Å². The van der Waals surface area contributed by atoms with Crippen molar-refractivity contribution in [2.24, 2.45) is 0 Å². The normalized spacial score (nSPS) is 10.2. The van der Waals surface area contributed by atoms with Crippen LogP contribution in [0.1, 0.15) is 18.1 Å². The first-order valence-corrected chi connectivity index (χ1v) is 6.36. The van der Waals surface area contributed by atoms with E-state index in [1.165, 1.54) is 11.1 Å². The zero-order valence-corrected chi connectivity index (χ0v) is 11.2. The van der Waals surface area contributed by atoms with Crippen LogP contribution in [-0.4, -0.2) is 9.97 Å². The second-order valence-electron chi connectivity index (χ2n) is 3.70. The summed E-state index contributed by atoms with van der Waals surface area (Å²) >= 11 is 3.42. The molecule has 4 heteroatoms. The number of halogens is 1. The maximum Gasteiger partial charge on any atom is 0.144 e. The van der Waals surface area contributed by atoms with E-state index in [0.717, 1.165) is 23.3 Å². The first kappa shape index (κ1) is 12.0. The Hall–Kier alpha value is -1.42. The van der Waals surface area contributed by atoms with Crippen LogP contribution in [0.5, 0.6) is 0 Å². The number of rotatable bonds is 4. The molecule has 0 saturated heterocycles. The lowest BCUT2D eigenvalue weighted by Gasteiger charge is -2.10. The van der Waals surface area contributed by atoms with Gasteiger partial charge in [0.2, 0.25) is 0 Å². The third-order valence-electron chi connectivity index (χ3n) is 2.61. The van der Waals surface area contributed by atoms with E-state index in [9.17, 15) is 0 Å². The molecule has 0 saturated carbocycles. The lowest BCUT2D eigenvalue weighted by molar-refractivity contribution is 1.02. The number of nitrogens with zero attached hydrogens (tertiary/aromatic N) is 2. The molecule has 0 aliphatic carbocycles. The summed E-state index contributed by atoms with van der Waals surface area (Å²) in [4.78, 5) is 8.12. The molecule has 0 aliphatic heterocycles. The zero-order valence-electron chi connectivity index (χ0n) is 9.65. The van der Waals surface area contributed by atoms with Crippen molar-refractivity contribution in [2.75, 3.05) is 5.32 Å². The molecule has 0 radical (unpaired) electrons. The van der Waals surface area contributed by atoms with Gasteiger partial charge in [-0.3, -0.25) is 0 Å². The molecule has 1 aromatic carbocycles. The number of nitrogens with one attached hydrogen (secondary N) is 1. The molecule has 0 aliphatic rings. The maximum absolute atomic E-state index is 4.18. The minimum atomic E-state index is 0.777. The first-order valence-electron chi connectivity index (χ1n) is 5.57. The van der Waals surface area contributed by atoms with Crippen molar-refractivity contribution in [3.63, 3.8) is 0 Å². The van der Waals surface area contributed by atoms with Crippen LogP contribution in [0, 0.1) is 0 Å². The summed E-state index contributed by atoms with van der Waals surface area (Å²) in [5, 5.41) is 3.31. The highest BCUT2D eigenvalue weighted by atomic mass is 79.9. The standard InChI is InChI=1S/C13H14BrN3/c1-2-10-5-3-4-6-11(10)7-16-13-12(14)8-15-9-17-13/h3-6,8-9H,2,7H2,1H3,(H,15,16,17). The summed E-state index contributed by atoms with van der Waals surface area (Å²) in [6.45, 7) is 2.94. The summed E-state index contributed by atoms with van der Waals surface area (Å²) in [6.07, 6.45) is 4.32. The van der Waals surface area contributed by atoms with Crippen molar-refractivity contribution in [2.45, 2.75) is 19.9 Å². The number of aryl methyl sites for hydroxylation is 1. The fraction of sp³-hybridized carbons (Fsp3) is 0.231. The molecule has 0 atom stereocenters. The molecule has 0 amide bonds. The largest absolute Gasteiger partial charge is 0.365 e. The first-order chi connectivity index (χ1) is 8.31. The third-order valence-corrected chi connectivity index (χ3v) is 3.19. The van der Waals surface area contributed by atoms with Gasteiger partial charge in [0, 0.05) is 12.7 Å². The van der Waals surface area contributed by atoms with Crippen molar-refractivity contribution >= 4 is 21.7 Å². The highest BCUT2D eigenvalue weighted by Crippen LogP contribution is 2.18. The molecule has 2 rings (SSSR count). The van der Waals surface area contributed by atoms with Gasteiger partial charge in [0.1, 0.15) is 12.1 Å². The minimum Gasteiger partial charge on any atom is -0.365 e. The molecule has 88 valence electrons. The molecule has 0 spiro atoms. The Morgan fingerprint density at radius 2 is 2.00 bits per heavy atom. The molecule has 0 bridgehead atoms. The molecule has 1 heterocycles. The van der Waals surface area contributed by atoms with Gasteiger partial charge in [-0.1, -0.05) is 31.2 Å². The van der Waals surface area contributed by atoms with Gasteiger partial charge in [0.05, 0.1) is 4.47 Å². The van der Waals surface area contributed by atoms with Crippen molar-refractivity contribution in [1.82, 2.24) is 9.97 Å². The maximum atomic E-state index is 4.18. The van der Waals surface area contributed by atoms with Gasteiger partial charge in [-0.05, 0) is 33.5 Å². The van der Waals surface area contributed by atoms with Crippen molar-refractivity contribution in [3.05, 3.63) is 52.4 Å². The van der Waals surface area contributed by atoms with E-state index in [-0.39, 0.29) is 0 Å². The van der Waals surface area contributed by atoms with Crippen LogP contribution in [-0.2, 0) is 13.0 Å². The highest BCUT2D eigenvalue weighted by Gasteiger charge is 2.02. The molecule has 0 unspecified atom stereocenters. The van der Waals surface area contributed by atoms with Gasteiger partial charge in [-0.15, -0.1) is 0 Å². The SMILES string of the molecule is CCc1ccccc1CNc1ncncc1Br. The number of hydrogen-bond donors (Lipinski definition) is 1. The van der Waals surface area contributed by atoms with Crippen LogP contribution >= 0.6 is 15.9 Å². The van der Waals surface area contributed by atoms with Crippen molar-refractivity contribution in [3.8, 4) is 0 Å². The average molecular weight is 292 g/mol. The van der Waals surface area contributed by atoms with E-state index < -0.39 is 0 Å². The third kappa shape index (κ3) is 3.03. The Kier molecular flexibility index (Phi) is 4.09. The van der Waals surface area contributed by atoms with Crippen molar-refractivity contribution in [1.29, 1.82) is 0 Å². The van der Waals surface area contributed by atoms with Gasteiger partial charge in [0.25, 0.3) is 0 Å². The quantitative estimate of drug-likeness (QED) is 0.938. The Balaban J connectivity index is 2.10. The van der Waals surface area contributed by atoms with Crippen LogP contribution in [0.3, 0.4) is 0 Å². The fourth-order valence-corrected chi connectivity index (χ4v) is 2.06. The molecular weight excluding hydrogens is 278 g/mol. The summed E-state index contributed by atoms with van der Waals surface area (Å²) < 4.78 is 0.883. The minimum absolute atomic E-state index is 0.777. The Bertz CT molecular complexity index is 500. The van der Waals surface area contributed by atoms with E-state index in [1.807, 2.05) is 0 Å². The smallest absolute Gasteiger partial charge is 0.144 e. The lowest BCUT2D eigenvalue weighted by atomic mass is 10.1. The number of benzene rings is 1. The highest BCUT2D eigenvalue weighted by molar-refractivity contribution is 9.10. The average Bonchev–Trinajstić information content (AvgIpc) is 2.38. The summed E-state index contributed by atoms with van der Waals surface area (Å²) in [6, 6.07) is 8.43. The molecular formula is C13H14BrN3.